The fourth-order valence-corrected chi connectivity index (χ4v) is 3.03. The molecule has 1 aromatic heterocycles. The van der Waals surface area contributed by atoms with E-state index in [4.69, 9.17) is 9.47 Å². The second-order valence-electron chi connectivity index (χ2n) is 5.54. The molecule has 1 saturated heterocycles. The highest BCUT2D eigenvalue weighted by Gasteiger charge is 2.47. The molecule has 24 heavy (non-hydrogen) atoms. The number of ether oxygens (including phenoxy) is 2. The molecular formula is C14H16FN3O5S. The second-order valence-corrected chi connectivity index (χ2v) is 7.31. The third-order valence-corrected chi connectivity index (χ3v) is 5.18. The molecule has 0 aliphatic carbocycles. The lowest BCUT2D eigenvalue weighted by Gasteiger charge is -2.29. The maximum absolute atomic E-state index is 13.2. The van der Waals surface area contributed by atoms with Crippen molar-refractivity contribution in [3.8, 4) is 0 Å². The van der Waals surface area contributed by atoms with Crippen molar-refractivity contribution in [2.75, 3.05) is 6.61 Å². The van der Waals surface area contributed by atoms with Crippen molar-refractivity contribution in [2.24, 2.45) is 0 Å². The van der Waals surface area contributed by atoms with Crippen molar-refractivity contribution < 1.29 is 26.8 Å². The van der Waals surface area contributed by atoms with Gasteiger partial charge in [-0.1, -0.05) is 12.1 Å². The van der Waals surface area contributed by atoms with Gasteiger partial charge in [0.15, 0.2) is 0 Å². The molecule has 3 atom stereocenters. The van der Waals surface area contributed by atoms with Gasteiger partial charge in [-0.3, -0.25) is 4.55 Å². The van der Waals surface area contributed by atoms with E-state index in [0.717, 1.165) is 0 Å². The number of hydrogen-bond acceptors (Lipinski definition) is 6. The van der Waals surface area contributed by atoms with Crippen LogP contribution in [0.4, 0.5) is 4.39 Å². The Morgan fingerprint density at radius 2 is 2.17 bits per heavy atom. The predicted molar refractivity (Wildman–Crippen MR) is 79.9 cm³/mol. The Morgan fingerprint density at radius 3 is 2.75 bits per heavy atom. The van der Waals surface area contributed by atoms with Gasteiger partial charge < -0.3 is 9.47 Å². The van der Waals surface area contributed by atoms with E-state index in [1.165, 1.54) is 48.5 Å². The minimum atomic E-state index is -4.29. The highest BCUT2D eigenvalue weighted by molar-refractivity contribution is 7.86. The van der Waals surface area contributed by atoms with Gasteiger partial charge >= 0.3 is 0 Å². The number of rotatable bonds is 5. The molecule has 0 bridgehead atoms. The first-order chi connectivity index (χ1) is 11.3. The zero-order valence-corrected chi connectivity index (χ0v) is 13.6. The summed E-state index contributed by atoms with van der Waals surface area (Å²) in [7, 11) is -4.29. The predicted octanol–water partition coefficient (Wildman–Crippen LogP) is 0.962. The summed E-state index contributed by atoms with van der Waals surface area (Å²) >= 11 is 0. The average Bonchev–Trinajstić information content (AvgIpc) is 3.17. The summed E-state index contributed by atoms with van der Waals surface area (Å²) in [5.41, 5.74) is 0.504. The third-order valence-electron chi connectivity index (χ3n) is 3.94. The second kappa shape index (κ2) is 6.20. The number of aromatic nitrogens is 3. The van der Waals surface area contributed by atoms with Crippen LogP contribution in [0.15, 0.2) is 36.9 Å². The summed E-state index contributed by atoms with van der Waals surface area (Å²) in [6, 6.07) is 5.49. The van der Waals surface area contributed by atoms with Gasteiger partial charge in [0.1, 0.15) is 36.4 Å². The largest absolute Gasteiger partial charge is 0.342 e. The summed E-state index contributed by atoms with van der Waals surface area (Å²) < 4.78 is 58.3. The molecule has 0 saturated carbocycles. The van der Waals surface area contributed by atoms with E-state index in [-0.39, 0.29) is 13.2 Å². The van der Waals surface area contributed by atoms with E-state index < -0.39 is 33.1 Å². The van der Waals surface area contributed by atoms with Gasteiger partial charge in [0, 0.05) is 5.56 Å². The average molecular weight is 357 g/mol. The van der Waals surface area contributed by atoms with Gasteiger partial charge in [0.05, 0.1) is 6.61 Å². The van der Waals surface area contributed by atoms with Gasteiger partial charge in [-0.15, -0.1) is 0 Å². The molecule has 0 amide bonds. The molecule has 1 aliphatic heterocycles. The van der Waals surface area contributed by atoms with Crippen molar-refractivity contribution in [2.45, 2.75) is 30.6 Å². The highest BCUT2D eigenvalue weighted by atomic mass is 32.2. The molecule has 1 aliphatic rings. The Bertz CT molecular complexity index is 796. The maximum Gasteiger partial charge on any atom is 0.270 e. The Balaban J connectivity index is 1.94. The highest BCUT2D eigenvalue weighted by Crippen LogP contribution is 2.37. The van der Waals surface area contributed by atoms with Crippen molar-refractivity contribution in [1.82, 2.24) is 14.8 Å². The van der Waals surface area contributed by atoms with Crippen LogP contribution in [0.5, 0.6) is 0 Å². The Labute approximate surface area is 138 Å². The van der Waals surface area contributed by atoms with Crippen molar-refractivity contribution in [3.05, 3.63) is 48.3 Å². The van der Waals surface area contributed by atoms with Crippen LogP contribution in [0, 0.1) is 5.82 Å². The van der Waals surface area contributed by atoms with Gasteiger partial charge in [-0.25, -0.2) is 14.1 Å². The smallest absolute Gasteiger partial charge is 0.270 e. The van der Waals surface area contributed by atoms with Crippen LogP contribution in [-0.2, 0) is 31.9 Å². The van der Waals surface area contributed by atoms with E-state index in [2.05, 4.69) is 10.1 Å². The van der Waals surface area contributed by atoms with E-state index >= 15 is 0 Å². The fourth-order valence-electron chi connectivity index (χ4n) is 2.51. The molecule has 1 fully saturated rings. The normalized spacial score (nSPS) is 25.7. The van der Waals surface area contributed by atoms with Crippen molar-refractivity contribution in [1.29, 1.82) is 0 Å². The van der Waals surface area contributed by atoms with Crippen LogP contribution in [0.25, 0.3) is 0 Å². The number of benzene rings is 1. The summed E-state index contributed by atoms with van der Waals surface area (Å²) in [4.78, 5) is 3.84. The van der Waals surface area contributed by atoms with Gasteiger partial charge in [0.2, 0.25) is 5.79 Å². The first kappa shape index (κ1) is 17.0. The lowest BCUT2D eigenvalue weighted by atomic mass is 10.1. The standard InChI is InChI=1S/C14H16FN3O5S/c1-10(24(19,20)21)13-6-22-14(23-13,7-18-9-16-8-17-18)11-2-4-12(15)5-3-11/h2-5,8-10,13H,6-7H2,1H3,(H,19,20,21)/t10?,13-,14+/m0/s1. The van der Waals surface area contributed by atoms with Gasteiger partial charge in [-0.2, -0.15) is 13.5 Å². The van der Waals surface area contributed by atoms with Crippen LogP contribution < -0.4 is 0 Å². The Kier molecular flexibility index (Phi) is 4.38. The molecule has 2 aromatic rings. The summed E-state index contributed by atoms with van der Waals surface area (Å²) in [6.45, 7) is 1.37. The molecule has 130 valence electrons. The van der Waals surface area contributed by atoms with E-state index in [1.54, 1.807) is 0 Å². The summed E-state index contributed by atoms with van der Waals surface area (Å²) in [6.07, 6.45) is 1.91. The molecule has 1 N–H and O–H groups in total. The lowest BCUT2D eigenvalue weighted by molar-refractivity contribution is -0.188. The minimum Gasteiger partial charge on any atom is -0.342 e. The molecule has 2 heterocycles. The monoisotopic (exact) mass is 357 g/mol. The first-order valence-corrected chi connectivity index (χ1v) is 8.67. The van der Waals surface area contributed by atoms with Crippen LogP contribution in [-0.4, -0.2) is 45.7 Å². The van der Waals surface area contributed by atoms with Crippen LogP contribution >= 0.6 is 0 Å². The molecule has 3 rings (SSSR count). The molecule has 0 radical (unpaired) electrons. The van der Waals surface area contributed by atoms with E-state index in [1.807, 2.05) is 0 Å². The number of hydrogen-bond donors (Lipinski definition) is 1. The van der Waals surface area contributed by atoms with Gasteiger partial charge in [0.25, 0.3) is 10.1 Å². The zero-order valence-electron chi connectivity index (χ0n) is 12.7. The van der Waals surface area contributed by atoms with Gasteiger partial charge in [-0.05, 0) is 19.1 Å². The third kappa shape index (κ3) is 3.31. The van der Waals surface area contributed by atoms with Crippen LogP contribution in [0.3, 0.4) is 0 Å². The quantitative estimate of drug-likeness (QED) is 0.795. The molecular weight excluding hydrogens is 341 g/mol. The number of nitrogens with zero attached hydrogens (tertiary/aromatic N) is 3. The number of halogens is 1. The van der Waals surface area contributed by atoms with Crippen molar-refractivity contribution >= 4 is 10.1 Å². The lowest BCUT2D eigenvalue weighted by Crippen LogP contribution is -2.37. The minimum absolute atomic E-state index is 0.0486. The van der Waals surface area contributed by atoms with Crippen molar-refractivity contribution in [3.63, 3.8) is 0 Å². The SMILES string of the molecule is CC([C@@H]1CO[C@@](Cn2cncn2)(c2ccc(F)cc2)O1)S(=O)(=O)O. The fraction of sp³-hybridized carbons (Fsp3) is 0.429. The molecule has 0 spiro atoms. The first-order valence-electron chi connectivity index (χ1n) is 7.17. The van der Waals surface area contributed by atoms with E-state index in [0.29, 0.717) is 5.56 Å². The molecule has 1 aromatic carbocycles. The maximum atomic E-state index is 13.2. The van der Waals surface area contributed by atoms with E-state index in [9.17, 15) is 17.4 Å². The van der Waals surface area contributed by atoms with Crippen LogP contribution in [0.2, 0.25) is 0 Å². The molecule has 10 heteroatoms. The Hall–Kier alpha value is -1.88. The zero-order chi connectivity index (χ0) is 17.4. The summed E-state index contributed by atoms with van der Waals surface area (Å²) in [5.74, 6) is -1.78. The van der Waals surface area contributed by atoms with Crippen LogP contribution in [0.1, 0.15) is 12.5 Å². The topological polar surface area (TPSA) is 104 Å². The molecule has 8 nitrogen and oxygen atoms in total. The summed E-state index contributed by atoms with van der Waals surface area (Å²) in [5, 5.41) is 2.82. The molecule has 1 unspecified atom stereocenters. The Morgan fingerprint density at radius 1 is 1.46 bits per heavy atom.